The molecule has 7 atom stereocenters. The first kappa shape index (κ1) is 38.1. The summed E-state index contributed by atoms with van der Waals surface area (Å²) in [4.78, 5) is 45.9. The van der Waals surface area contributed by atoms with Crippen molar-refractivity contribution in [1.82, 2.24) is 10.2 Å². The number of nitrogens with zero attached hydrogens (tertiary/aromatic N) is 2. The number of carbonyl (C=O) groups excluding carboxylic acids is 3. The van der Waals surface area contributed by atoms with Gasteiger partial charge in [-0.2, -0.15) is 0 Å². The largest absolute Gasteiger partial charge is 0.508 e. The fraction of sp³-hybridized carbons (Fsp3) is 0.576. The van der Waals surface area contributed by atoms with Crippen LogP contribution in [0.5, 0.6) is 11.5 Å². The van der Waals surface area contributed by atoms with Crippen LogP contribution in [-0.2, 0) is 30.3 Å². The molecule has 2 saturated heterocycles. The summed E-state index contributed by atoms with van der Waals surface area (Å²) < 4.78 is 11.0. The van der Waals surface area contributed by atoms with E-state index in [1.807, 2.05) is 0 Å². The Morgan fingerprint density at radius 3 is 2.55 bits per heavy atom. The predicted molar refractivity (Wildman–Crippen MR) is 178 cm³/mol. The van der Waals surface area contributed by atoms with E-state index >= 15 is 0 Å². The van der Waals surface area contributed by atoms with Gasteiger partial charge in [-0.1, -0.05) is 23.4 Å². The molecule has 0 spiro atoms. The Balaban J connectivity index is 1.50. The van der Waals surface area contributed by atoms with Crippen molar-refractivity contribution in [3.63, 3.8) is 0 Å². The number of allylic oxidation sites excluding steroid dienone is 1. The van der Waals surface area contributed by atoms with Crippen LogP contribution in [0.1, 0.15) is 54.9 Å². The molecule has 0 aliphatic carbocycles. The lowest BCUT2D eigenvalue weighted by molar-refractivity contribution is -0.205. The van der Waals surface area contributed by atoms with Gasteiger partial charge >= 0.3 is 5.97 Å². The number of nitrogens with one attached hydrogen (secondary N) is 1. The number of aliphatic hydroxyl groups is 4. The second kappa shape index (κ2) is 18.4. The summed E-state index contributed by atoms with van der Waals surface area (Å²) in [5, 5.41) is 67.6. The molecule has 1 aromatic carbocycles. The van der Waals surface area contributed by atoms with Crippen LogP contribution in [0.4, 0.5) is 0 Å². The fourth-order valence-corrected chi connectivity index (χ4v) is 6.62. The number of ether oxygens (including phenoxy) is 2. The summed E-state index contributed by atoms with van der Waals surface area (Å²) in [5.41, 5.74) is -0.744. The molecule has 49 heavy (non-hydrogen) atoms. The number of amides is 2. The summed E-state index contributed by atoms with van der Waals surface area (Å²) in [6, 6.07) is 1.80. The summed E-state index contributed by atoms with van der Waals surface area (Å²) >= 11 is 0.900. The standard InChI is InChI=1S/C33H45N3O12S/c1-19-7-5-8-21(34-26(40)18-49-33-31(44)30(43)29(42)25(16-37)48-33)9-6-10-22(35-46-17-27(41)36-11-3-2-4-12-36)13-20-14-23(38)15-24(39)28(20)32(45)47-19/h5-6,8,10,14-15,19,21,25,29-31,33,37-39,42-44H,2-4,7,9,11-13,16-18H2,1H3,(H,34,40)/b8-5+,10-6+,35-22-/t19-,21+,25-,29-,30+,31-,33+/m1/s1. The van der Waals surface area contributed by atoms with E-state index in [4.69, 9.17) is 14.3 Å². The van der Waals surface area contributed by atoms with Crippen LogP contribution >= 0.6 is 11.8 Å². The minimum Gasteiger partial charge on any atom is -0.508 e. The molecule has 4 rings (SSSR count). The Morgan fingerprint density at radius 1 is 1.06 bits per heavy atom. The second-order valence-corrected chi connectivity index (χ2v) is 13.3. The molecule has 2 amide bonds. The number of thioether (sulfide) groups is 1. The normalized spacial score (nSPS) is 30.4. The molecule has 0 unspecified atom stereocenters. The Bertz CT molecular complexity index is 1400. The fourth-order valence-electron chi connectivity index (χ4n) is 5.64. The number of piperidine rings is 1. The number of rotatable bonds is 8. The van der Waals surface area contributed by atoms with Crippen LogP contribution in [0.3, 0.4) is 0 Å². The zero-order valence-electron chi connectivity index (χ0n) is 27.2. The van der Waals surface area contributed by atoms with Gasteiger partial charge in [0.1, 0.15) is 53.0 Å². The van der Waals surface area contributed by atoms with Gasteiger partial charge in [-0.15, -0.1) is 11.8 Å². The van der Waals surface area contributed by atoms with Gasteiger partial charge < -0.3 is 55.2 Å². The van der Waals surface area contributed by atoms with E-state index in [9.17, 15) is 45.0 Å². The van der Waals surface area contributed by atoms with Crippen molar-refractivity contribution in [3.8, 4) is 11.5 Å². The van der Waals surface area contributed by atoms with Gasteiger partial charge in [0.25, 0.3) is 5.91 Å². The van der Waals surface area contributed by atoms with E-state index in [0.29, 0.717) is 13.1 Å². The van der Waals surface area contributed by atoms with Crippen molar-refractivity contribution in [1.29, 1.82) is 0 Å². The van der Waals surface area contributed by atoms with Crippen LogP contribution in [-0.4, -0.2) is 133 Å². The highest BCUT2D eigenvalue weighted by atomic mass is 32.2. The van der Waals surface area contributed by atoms with Gasteiger partial charge in [0.05, 0.1) is 24.1 Å². The van der Waals surface area contributed by atoms with Gasteiger partial charge in [0.2, 0.25) is 5.91 Å². The Morgan fingerprint density at radius 2 is 1.82 bits per heavy atom. The van der Waals surface area contributed by atoms with E-state index in [1.54, 1.807) is 36.1 Å². The van der Waals surface area contributed by atoms with Crippen LogP contribution in [0.25, 0.3) is 0 Å². The minimum atomic E-state index is -1.56. The molecule has 0 radical (unpaired) electrons. The SMILES string of the molecule is C[C@@H]1C/C=C/[C@H](NC(=O)CS[C@@H]2O[C@H](CO)[C@@H](O)[C@H](O)[C@H]2O)C/C=C/C(=N/OCC(=O)N2CCCCC2)Cc2cc(O)cc(O)c2C(=O)O1. The highest BCUT2D eigenvalue weighted by Crippen LogP contribution is 2.30. The van der Waals surface area contributed by atoms with Gasteiger partial charge in [-0.3, -0.25) is 9.59 Å². The van der Waals surface area contributed by atoms with E-state index in [1.165, 1.54) is 6.07 Å². The lowest BCUT2D eigenvalue weighted by atomic mass is 9.99. The van der Waals surface area contributed by atoms with Crippen molar-refractivity contribution in [2.75, 3.05) is 32.1 Å². The summed E-state index contributed by atoms with van der Waals surface area (Å²) in [6.07, 6.45) is 3.85. The summed E-state index contributed by atoms with van der Waals surface area (Å²) in [7, 11) is 0. The average molecular weight is 708 g/mol. The molecule has 2 fully saturated rings. The Kier molecular flexibility index (Phi) is 14.3. The monoisotopic (exact) mass is 707 g/mol. The minimum absolute atomic E-state index is 0.0855. The number of carbonyl (C=O) groups is 3. The predicted octanol–water partition coefficient (Wildman–Crippen LogP) is 0.495. The van der Waals surface area contributed by atoms with Gasteiger partial charge in [0, 0.05) is 32.0 Å². The zero-order valence-corrected chi connectivity index (χ0v) is 28.0. The summed E-state index contributed by atoms with van der Waals surface area (Å²) in [5.74, 6) is -2.39. The van der Waals surface area contributed by atoms with Crippen molar-refractivity contribution in [2.45, 2.75) is 87.4 Å². The number of aliphatic hydroxyl groups excluding tert-OH is 4. The average Bonchev–Trinajstić information content (AvgIpc) is 3.06. The first-order chi connectivity index (χ1) is 23.5. The Labute approximate surface area is 288 Å². The molecular formula is C33H45N3O12S. The number of oxime groups is 1. The van der Waals surface area contributed by atoms with Crippen LogP contribution in [0, 0.1) is 0 Å². The van der Waals surface area contributed by atoms with E-state index in [0.717, 1.165) is 37.1 Å². The second-order valence-electron chi connectivity index (χ2n) is 12.2. The quantitative estimate of drug-likeness (QED) is 0.111. The summed E-state index contributed by atoms with van der Waals surface area (Å²) in [6.45, 7) is 2.07. The number of esters is 1. The first-order valence-electron chi connectivity index (χ1n) is 16.2. The number of likely N-dealkylation sites (tertiary alicyclic amines) is 1. The third-order valence-corrected chi connectivity index (χ3v) is 9.40. The third-order valence-electron chi connectivity index (χ3n) is 8.26. The molecule has 0 aromatic heterocycles. The zero-order chi connectivity index (χ0) is 35.5. The molecule has 7 N–H and O–H groups in total. The number of fused-ring (bicyclic) bond motifs is 1. The number of hydrogen-bond acceptors (Lipinski definition) is 14. The number of phenolic OH excluding ortho intramolecular Hbond substituents is 2. The topological polar surface area (TPSA) is 228 Å². The van der Waals surface area contributed by atoms with Crippen molar-refractivity contribution >= 4 is 35.3 Å². The number of phenols is 2. The number of cyclic esters (lactones) is 1. The van der Waals surface area contributed by atoms with Gasteiger partial charge in [0.15, 0.2) is 6.61 Å². The van der Waals surface area contributed by atoms with E-state index in [2.05, 4.69) is 10.5 Å². The maximum atomic E-state index is 13.2. The van der Waals surface area contributed by atoms with Crippen molar-refractivity contribution in [3.05, 3.63) is 47.6 Å². The highest BCUT2D eigenvalue weighted by molar-refractivity contribution is 8.00. The van der Waals surface area contributed by atoms with Crippen LogP contribution in [0.15, 0.2) is 41.6 Å². The maximum absolute atomic E-state index is 13.2. The molecule has 1 aromatic rings. The Hall–Kier alpha value is -3.67. The van der Waals surface area contributed by atoms with Gasteiger partial charge in [-0.25, -0.2) is 4.79 Å². The van der Waals surface area contributed by atoms with E-state index in [-0.39, 0.29) is 60.1 Å². The lowest BCUT2D eigenvalue weighted by Crippen LogP contribution is -2.57. The lowest BCUT2D eigenvalue weighted by Gasteiger charge is -2.39. The van der Waals surface area contributed by atoms with Gasteiger partial charge in [-0.05, 0) is 50.3 Å². The number of benzene rings is 1. The molecule has 0 saturated carbocycles. The highest BCUT2D eigenvalue weighted by Gasteiger charge is 2.43. The molecule has 3 aliphatic heterocycles. The number of aromatic hydroxyl groups is 2. The molecule has 3 aliphatic rings. The number of hydrogen-bond donors (Lipinski definition) is 7. The molecule has 15 nitrogen and oxygen atoms in total. The molecule has 0 bridgehead atoms. The van der Waals surface area contributed by atoms with Crippen molar-refractivity contribution < 1.29 is 59.3 Å². The molecule has 16 heteroatoms. The van der Waals surface area contributed by atoms with Crippen LogP contribution in [0.2, 0.25) is 0 Å². The van der Waals surface area contributed by atoms with Crippen molar-refractivity contribution in [2.24, 2.45) is 5.16 Å². The third kappa shape index (κ3) is 10.9. The smallest absolute Gasteiger partial charge is 0.342 e. The molecular weight excluding hydrogens is 662 g/mol. The first-order valence-corrected chi connectivity index (χ1v) is 17.3. The molecule has 3 heterocycles. The molecule has 270 valence electrons. The van der Waals surface area contributed by atoms with E-state index < -0.39 is 66.2 Å². The maximum Gasteiger partial charge on any atom is 0.342 e. The van der Waals surface area contributed by atoms with Crippen LogP contribution < -0.4 is 5.32 Å².